The summed E-state index contributed by atoms with van der Waals surface area (Å²) < 4.78 is 24.5. The number of rotatable bonds is 5. The van der Waals surface area contributed by atoms with Crippen molar-refractivity contribution in [1.29, 1.82) is 0 Å². The van der Waals surface area contributed by atoms with Crippen LogP contribution in [0.2, 0.25) is 0 Å². The van der Waals surface area contributed by atoms with E-state index in [1.807, 2.05) is 13.2 Å². The summed E-state index contributed by atoms with van der Waals surface area (Å²) in [6.07, 6.45) is 1.96. The Balaban J connectivity index is 3.84. The van der Waals surface area contributed by atoms with Crippen LogP contribution in [0.15, 0.2) is 0 Å². The van der Waals surface area contributed by atoms with E-state index in [0.717, 1.165) is 5.75 Å². The molecule has 0 radical (unpaired) electrons. The Bertz CT molecular complexity index is 189. The molecule has 0 saturated carbocycles. The molecule has 0 aliphatic heterocycles. The smallest absolute Gasteiger partial charge is 0.211 e. The lowest BCUT2D eigenvalue weighted by atomic mass is 10.4. The van der Waals surface area contributed by atoms with E-state index >= 15 is 0 Å². The largest absolute Gasteiger partial charge is 0.212 e. The van der Waals surface area contributed by atoms with Gasteiger partial charge in [0.05, 0.1) is 5.75 Å². The van der Waals surface area contributed by atoms with Crippen LogP contribution in [0.5, 0.6) is 0 Å². The molecule has 68 valence electrons. The maximum atomic E-state index is 11.0. The van der Waals surface area contributed by atoms with Crippen molar-refractivity contribution < 1.29 is 8.42 Å². The van der Waals surface area contributed by atoms with E-state index in [2.05, 4.69) is 4.72 Å². The van der Waals surface area contributed by atoms with E-state index in [1.54, 1.807) is 18.7 Å². The molecule has 1 atom stereocenters. The van der Waals surface area contributed by atoms with Gasteiger partial charge >= 0.3 is 0 Å². The molecular formula is C6H15NO2S2. The van der Waals surface area contributed by atoms with E-state index < -0.39 is 10.0 Å². The second kappa shape index (κ2) is 5.00. The van der Waals surface area contributed by atoms with Gasteiger partial charge in [0, 0.05) is 11.8 Å². The normalized spacial score (nSPS) is 14.8. The third kappa shape index (κ3) is 5.52. The van der Waals surface area contributed by atoms with Crippen molar-refractivity contribution in [3.8, 4) is 0 Å². The molecule has 0 bridgehead atoms. The van der Waals surface area contributed by atoms with Gasteiger partial charge in [-0.05, 0) is 20.1 Å². The number of hydrogen-bond acceptors (Lipinski definition) is 3. The van der Waals surface area contributed by atoms with E-state index in [0.29, 0.717) is 0 Å². The summed E-state index contributed by atoms with van der Waals surface area (Å²) in [5.74, 6) is 0.977. The zero-order valence-corrected chi connectivity index (χ0v) is 8.76. The predicted molar refractivity (Wildman–Crippen MR) is 50.4 cm³/mol. The number of sulfonamides is 1. The highest BCUT2D eigenvalue weighted by Gasteiger charge is 2.10. The second-order valence-electron chi connectivity index (χ2n) is 2.38. The van der Waals surface area contributed by atoms with Crippen molar-refractivity contribution in [3.05, 3.63) is 0 Å². The molecule has 0 saturated heterocycles. The van der Waals surface area contributed by atoms with Gasteiger partial charge in [-0.2, -0.15) is 11.8 Å². The molecular weight excluding hydrogens is 182 g/mol. The standard InChI is InChI=1S/C6H15NO2S2/c1-4-11(8,9)7-6(2)5-10-3/h6-7H,4-5H2,1-3H3. The summed E-state index contributed by atoms with van der Waals surface area (Å²) in [6.45, 7) is 3.50. The fraction of sp³-hybridized carbons (Fsp3) is 1.00. The van der Waals surface area contributed by atoms with Gasteiger partial charge < -0.3 is 0 Å². The van der Waals surface area contributed by atoms with Gasteiger partial charge in [-0.25, -0.2) is 13.1 Å². The average Bonchev–Trinajstić information content (AvgIpc) is 1.87. The van der Waals surface area contributed by atoms with Gasteiger partial charge in [0.15, 0.2) is 0 Å². The van der Waals surface area contributed by atoms with Crippen LogP contribution in [0.1, 0.15) is 13.8 Å². The van der Waals surface area contributed by atoms with Gasteiger partial charge in [0.1, 0.15) is 0 Å². The highest BCUT2D eigenvalue weighted by molar-refractivity contribution is 7.98. The zero-order valence-electron chi connectivity index (χ0n) is 7.12. The van der Waals surface area contributed by atoms with Gasteiger partial charge in [-0.3, -0.25) is 0 Å². The molecule has 0 spiro atoms. The third-order valence-corrected chi connectivity index (χ3v) is 3.53. The lowest BCUT2D eigenvalue weighted by molar-refractivity contribution is 0.572. The number of hydrogen-bond donors (Lipinski definition) is 1. The molecule has 0 aliphatic carbocycles. The number of thioether (sulfide) groups is 1. The first-order valence-corrected chi connectivity index (χ1v) is 6.55. The Morgan fingerprint density at radius 3 is 2.45 bits per heavy atom. The topological polar surface area (TPSA) is 46.2 Å². The maximum absolute atomic E-state index is 11.0. The van der Waals surface area contributed by atoms with Crippen molar-refractivity contribution in [2.45, 2.75) is 19.9 Å². The van der Waals surface area contributed by atoms with Crippen molar-refractivity contribution in [2.24, 2.45) is 0 Å². The lowest BCUT2D eigenvalue weighted by Gasteiger charge is -2.10. The molecule has 0 rings (SSSR count). The lowest BCUT2D eigenvalue weighted by Crippen LogP contribution is -2.35. The fourth-order valence-corrected chi connectivity index (χ4v) is 2.23. The van der Waals surface area contributed by atoms with E-state index in [1.165, 1.54) is 0 Å². The summed E-state index contributed by atoms with van der Waals surface area (Å²) in [7, 11) is -3.00. The fourth-order valence-electron chi connectivity index (χ4n) is 0.674. The molecule has 0 aromatic heterocycles. The third-order valence-electron chi connectivity index (χ3n) is 1.18. The molecule has 0 heterocycles. The molecule has 11 heavy (non-hydrogen) atoms. The summed E-state index contributed by atoms with van der Waals surface area (Å²) >= 11 is 1.63. The minimum absolute atomic E-state index is 0.0370. The van der Waals surface area contributed by atoms with E-state index in [4.69, 9.17) is 0 Å². The van der Waals surface area contributed by atoms with Gasteiger partial charge in [-0.1, -0.05) is 0 Å². The van der Waals surface area contributed by atoms with Crippen LogP contribution in [0, 0.1) is 0 Å². The van der Waals surface area contributed by atoms with Gasteiger partial charge in [-0.15, -0.1) is 0 Å². The zero-order chi connectivity index (χ0) is 8.91. The Labute approximate surface area is 73.0 Å². The quantitative estimate of drug-likeness (QED) is 0.705. The minimum atomic E-state index is -3.00. The van der Waals surface area contributed by atoms with Crippen LogP contribution in [0.25, 0.3) is 0 Å². The summed E-state index contributed by atoms with van der Waals surface area (Å²) in [4.78, 5) is 0. The first-order chi connectivity index (χ1) is 5.02. The Hall–Kier alpha value is 0.260. The molecule has 0 aromatic rings. The molecule has 0 aromatic carbocycles. The maximum Gasteiger partial charge on any atom is 0.211 e. The van der Waals surface area contributed by atoms with Crippen LogP contribution in [-0.2, 0) is 10.0 Å². The average molecular weight is 197 g/mol. The number of nitrogens with one attached hydrogen (secondary N) is 1. The highest BCUT2D eigenvalue weighted by atomic mass is 32.2. The Morgan fingerprint density at radius 1 is 1.55 bits per heavy atom. The summed E-state index contributed by atoms with van der Waals surface area (Å²) in [5, 5.41) is 0. The molecule has 0 amide bonds. The van der Waals surface area contributed by atoms with Crippen LogP contribution < -0.4 is 4.72 Å². The van der Waals surface area contributed by atoms with E-state index in [-0.39, 0.29) is 11.8 Å². The molecule has 1 N–H and O–H groups in total. The molecule has 0 fully saturated rings. The molecule has 1 unspecified atom stereocenters. The Morgan fingerprint density at radius 2 is 2.09 bits per heavy atom. The molecule has 3 nitrogen and oxygen atoms in total. The van der Waals surface area contributed by atoms with Crippen LogP contribution in [0.4, 0.5) is 0 Å². The van der Waals surface area contributed by atoms with Crippen molar-refractivity contribution in [3.63, 3.8) is 0 Å². The molecule has 5 heteroatoms. The SMILES string of the molecule is CCS(=O)(=O)NC(C)CSC. The van der Waals surface area contributed by atoms with Gasteiger partial charge in [0.2, 0.25) is 10.0 Å². The Kier molecular flexibility index (Phi) is 5.12. The van der Waals surface area contributed by atoms with Crippen LogP contribution >= 0.6 is 11.8 Å². The van der Waals surface area contributed by atoms with Crippen molar-refractivity contribution in [2.75, 3.05) is 17.8 Å². The van der Waals surface area contributed by atoms with Crippen LogP contribution in [-0.4, -0.2) is 32.2 Å². The monoisotopic (exact) mass is 197 g/mol. The summed E-state index contributed by atoms with van der Waals surface area (Å²) in [6, 6.07) is 0.0370. The predicted octanol–water partition coefficient (Wildman–Crippen LogP) is 0.677. The second-order valence-corrected chi connectivity index (χ2v) is 5.33. The van der Waals surface area contributed by atoms with E-state index in [9.17, 15) is 8.42 Å². The first-order valence-electron chi connectivity index (χ1n) is 3.50. The molecule has 0 aliphatic rings. The first kappa shape index (κ1) is 11.3. The highest BCUT2D eigenvalue weighted by Crippen LogP contribution is 1.97. The van der Waals surface area contributed by atoms with Gasteiger partial charge in [0.25, 0.3) is 0 Å². The minimum Gasteiger partial charge on any atom is -0.212 e. The van der Waals surface area contributed by atoms with Crippen molar-refractivity contribution >= 4 is 21.8 Å². The van der Waals surface area contributed by atoms with Crippen LogP contribution in [0.3, 0.4) is 0 Å². The summed E-state index contributed by atoms with van der Waals surface area (Å²) in [5.41, 5.74) is 0. The van der Waals surface area contributed by atoms with Crippen molar-refractivity contribution in [1.82, 2.24) is 4.72 Å².